The van der Waals surface area contributed by atoms with E-state index in [0.717, 1.165) is 27.8 Å². The summed E-state index contributed by atoms with van der Waals surface area (Å²) < 4.78 is 21.6. The van der Waals surface area contributed by atoms with Gasteiger partial charge < -0.3 is 18.9 Å². The Labute approximate surface area is 140 Å². The molecule has 5 nitrogen and oxygen atoms in total. The van der Waals surface area contributed by atoms with E-state index >= 15 is 0 Å². The number of ether oxygens (including phenoxy) is 4. The van der Waals surface area contributed by atoms with Crippen molar-refractivity contribution >= 4 is 10.8 Å². The summed E-state index contributed by atoms with van der Waals surface area (Å²) in [7, 11) is 6.43. The zero-order valence-corrected chi connectivity index (χ0v) is 14.1. The van der Waals surface area contributed by atoms with E-state index in [9.17, 15) is 0 Å². The number of aromatic nitrogens is 1. The molecule has 0 atom stereocenters. The van der Waals surface area contributed by atoms with Crippen LogP contribution < -0.4 is 18.9 Å². The largest absolute Gasteiger partial charge is 0.497 e. The molecule has 0 N–H and O–H groups in total. The lowest BCUT2D eigenvalue weighted by Gasteiger charge is -2.15. The molecule has 0 bridgehead atoms. The molecule has 0 spiro atoms. The van der Waals surface area contributed by atoms with Crippen LogP contribution in [0.5, 0.6) is 23.0 Å². The molecule has 0 aliphatic heterocycles. The topological polar surface area (TPSA) is 49.8 Å². The predicted molar refractivity (Wildman–Crippen MR) is 93.4 cm³/mol. The van der Waals surface area contributed by atoms with Crippen LogP contribution in [0.1, 0.15) is 0 Å². The zero-order valence-electron chi connectivity index (χ0n) is 14.1. The van der Waals surface area contributed by atoms with Gasteiger partial charge >= 0.3 is 0 Å². The molecule has 3 aromatic rings. The number of hydrogen-bond acceptors (Lipinski definition) is 5. The number of hydrogen-bond donors (Lipinski definition) is 0. The second-order valence-corrected chi connectivity index (χ2v) is 5.16. The Hall–Kier alpha value is -2.95. The van der Waals surface area contributed by atoms with E-state index < -0.39 is 0 Å². The van der Waals surface area contributed by atoms with Gasteiger partial charge in [0.2, 0.25) is 5.75 Å². The monoisotopic (exact) mass is 325 g/mol. The van der Waals surface area contributed by atoms with Gasteiger partial charge in [0.15, 0.2) is 11.5 Å². The summed E-state index contributed by atoms with van der Waals surface area (Å²) in [5.74, 6) is 2.52. The van der Waals surface area contributed by atoms with Crippen LogP contribution in [0, 0.1) is 0 Å². The Morgan fingerprint density at radius 1 is 0.750 bits per heavy atom. The number of rotatable bonds is 5. The van der Waals surface area contributed by atoms with Crippen molar-refractivity contribution in [1.82, 2.24) is 4.98 Å². The summed E-state index contributed by atoms with van der Waals surface area (Å²) >= 11 is 0. The van der Waals surface area contributed by atoms with Crippen molar-refractivity contribution in [3.63, 3.8) is 0 Å². The first-order chi connectivity index (χ1) is 11.7. The average molecular weight is 325 g/mol. The fraction of sp³-hybridized carbons (Fsp3) is 0.211. The van der Waals surface area contributed by atoms with Crippen LogP contribution in [0.25, 0.3) is 22.0 Å². The summed E-state index contributed by atoms with van der Waals surface area (Å²) in [6.45, 7) is 0. The Kier molecular flexibility index (Phi) is 4.42. The van der Waals surface area contributed by atoms with Gasteiger partial charge in [0.25, 0.3) is 0 Å². The van der Waals surface area contributed by atoms with Crippen LogP contribution in [0.15, 0.2) is 42.6 Å². The zero-order chi connectivity index (χ0) is 17.1. The highest BCUT2D eigenvalue weighted by molar-refractivity contribution is 5.96. The van der Waals surface area contributed by atoms with Crippen LogP contribution >= 0.6 is 0 Å². The number of benzene rings is 2. The second kappa shape index (κ2) is 6.66. The highest BCUT2D eigenvalue weighted by Gasteiger charge is 2.16. The quantitative estimate of drug-likeness (QED) is 0.711. The molecule has 2 aromatic carbocycles. The van der Waals surface area contributed by atoms with Crippen molar-refractivity contribution < 1.29 is 18.9 Å². The fourth-order valence-corrected chi connectivity index (χ4v) is 2.72. The van der Waals surface area contributed by atoms with E-state index in [1.54, 1.807) is 34.6 Å². The van der Waals surface area contributed by atoms with E-state index in [2.05, 4.69) is 4.98 Å². The molecule has 124 valence electrons. The third-order valence-electron chi connectivity index (χ3n) is 3.91. The first-order valence-corrected chi connectivity index (χ1v) is 7.45. The molecule has 0 fully saturated rings. The van der Waals surface area contributed by atoms with E-state index in [-0.39, 0.29) is 0 Å². The number of pyridine rings is 1. The lowest BCUT2D eigenvalue weighted by atomic mass is 10.0. The van der Waals surface area contributed by atoms with E-state index in [0.29, 0.717) is 17.2 Å². The Bertz CT molecular complexity index is 851. The van der Waals surface area contributed by atoms with Crippen molar-refractivity contribution in [1.29, 1.82) is 0 Å². The van der Waals surface area contributed by atoms with Crippen LogP contribution in [-0.2, 0) is 0 Å². The molecule has 0 saturated heterocycles. The first kappa shape index (κ1) is 15.9. The molecular weight excluding hydrogens is 306 g/mol. The maximum absolute atomic E-state index is 5.44. The molecule has 0 aliphatic carbocycles. The lowest BCUT2D eigenvalue weighted by molar-refractivity contribution is 0.324. The Morgan fingerprint density at radius 3 is 2.04 bits per heavy atom. The third kappa shape index (κ3) is 2.69. The van der Waals surface area contributed by atoms with Gasteiger partial charge in [0, 0.05) is 17.1 Å². The molecule has 0 unspecified atom stereocenters. The number of methoxy groups -OCH3 is 4. The minimum Gasteiger partial charge on any atom is -0.497 e. The van der Waals surface area contributed by atoms with Gasteiger partial charge in [-0.15, -0.1) is 0 Å². The van der Waals surface area contributed by atoms with Gasteiger partial charge in [-0.1, -0.05) is 6.07 Å². The Morgan fingerprint density at radius 2 is 1.46 bits per heavy atom. The molecule has 0 aliphatic rings. The first-order valence-electron chi connectivity index (χ1n) is 7.45. The summed E-state index contributed by atoms with van der Waals surface area (Å²) in [4.78, 5) is 4.55. The van der Waals surface area contributed by atoms with Gasteiger partial charge in [-0.25, -0.2) is 0 Å². The van der Waals surface area contributed by atoms with Gasteiger partial charge in [-0.05, 0) is 35.7 Å². The van der Waals surface area contributed by atoms with Crippen molar-refractivity contribution in [3.05, 3.63) is 42.6 Å². The molecule has 0 radical (unpaired) electrons. The lowest BCUT2D eigenvalue weighted by Crippen LogP contribution is -1.96. The summed E-state index contributed by atoms with van der Waals surface area (Å²) in [5.41, 5.74) is 1.70. The van der Waals surface area contributed by atoms with Gasteiger partial charge in [-0.3, -0.25) is 4.98 Å². The molecule has 3 rings (SSSR count). The SMILES string of the molecule is COc1ccc2ccnc(-c3cc(OC)c(OC)c(OC)c3)c2c1. The van der Waals surface area contributed by atoms with Gasteiger partial charge in [0.05, 0.1) is 34.1 Å². The average Bonchev–Trinajstić information content (AvgIpc) is 2.65. The maximum atomic E-state index is 5.44. The highest BCUT2D eigenvalue weighted by atomic mass is 16.5. The van der Waals surface area contributed by atoms with Crippen LogP contribution in [0.3, 0.4) is 0 Å². The van der Waals surface area contributed by atoms with E-state index in [4.69, 9.17) is 18.9 Å². The van der Waals surface area contributed by atoms with Crippen molar-refractivity contribution in [2.24, 2.45) is 0 Å². The van der Waals surface area contributed by atoms with Crippen molar-refractivity contribution in [2.45, 2.75) is 0 Å². The summed E-state index contributed by atoms with van der Waals surface area (Å²) in [5, 5.41) is 2.07. The van der Waals surface area contributed by atoms with Crippen LogP contribution in [0.2, 0.25) is 0 Å². The summed E-state index contributed by atoms with van der Waals surface area (Å²) in [6, 6.07) is 11.7. The molecule has 1 aromatic heterocycles. The van der Waals surface area contributed by atoms with Gasteiger partial charge in [-0.2, -0.15) is 0 Å². The predicted octanol–water partition coefficient (Wildman–Crippen LogP) is 3.94. The smallest absolute Gasteiger partial charge is 0.203 e. The molecule has 0 amide bonds. The minimum absolute atomic E-state index is 0.557. The van der Waals surface area contributed by atoms with Crippen LogP contribution in [0.4, 0.5) is 0 Å². The Balaban J connectivity index is 2.27. The van der Waals surface area contributed by atoms with Crippen LogP contribution in [-0.4, -0.2) is 33.4 Å². The van der Waals surface area contributed by atoms with Crippen molar-refractivity contribution in [2.75, 3.05) is 28.4 Å². The molecule has 24 heavy (non-hydrogen) atoms. The molecule has 1 heterocycles. The number of nitrogens with zero attached hydrogens (tertiary/aromatic N) is 1. The van der Waals surface area contributed by atoms with Gasteiger partial charge in [0.1, 0.15) is 5.75 Å². The van der Waals surface area contributed by atoms with E-state index in [1.807, 2.05) is 36.4 Å². The van der Waals surface area contributed by atoms with Crippen molar-refractivity contribution in [3.8, 4) is 34.3 Å². The molecule has 5 heteroatoms. The van der Waals surface area contributed by atoms with E-state index in [1.165, 1.54) is 0 Å². The molecular formula is C19H19NO4. The maximum Gasteiger partial charge on any atom is 0.203 e. The summed E-state index contributed by atoms with van der Waals surface area (Å²) in [6.07, 6.45) is 1.79. The highest BCUT2D eigenvalue weighted by Crippen LogP contribution is 2.42. The third-order valence-corrected chi connectivity index (χ3v) is 3.91. The standard InChI is InChI=1S/C19H19NO4/c1-21-14-6-5-12-7-8-20-18(15(12)11-14)13-9-16(22-2)19(24-4)17(10-13)23-3/h5-11H,1-4H3. The number of fused-ring (bicyclic) bond motifs is 1. The normalized spacial score (nSPS) is 10.5. The fourth-order valence-electron chi connectivity index (χ4n) is 2.72. The second-order valence-electron chi connectivity index (χ2n) is 5.16. The minimum atomic E-state index is 0.557. The molecule has 0 saturated carbocycles.